The van der Waals surface area contributed by atoms with E-state index in [0.29, 0.717) is 15.9 Å². The van der Waals surface area contributed by atoms with Gasteiger partial charge in [-0.3, -0.25) is 0 Å². The lowest BCUT2D eigenvalue weighted by Crippen LogP contribution is -1.87. The molecule has 16 heavy (non-hydrogen) atoms. The number of nitrogen functional groups attached to an aromatic ring is 1. The maximum Gasteiger partial charge on any atom is 0.123 e. The number of benzene rings is 1. The van der Waals surface area contributed by atoms with Crippen molar-refractivity contribution in [3.63, 3.8) is 0 Å². The molecule has 0 bridgehead atoms. The number of hydrogen-bond donors (Lipinski definition) is 1. The molecule has 0 spiro atoms. The number of hydrogen-bond acceptors (Lipinski definition) is 3. The van der Waals surface area contributed by atoms with Crippen LogP contribution in [0.15, 0.2) is 46.3 Å². The molecule has 1 heterocycles. The topological polar surface area (TPSA) is 38.9 Å². The third kappa shape index (κ3) is 2.82. The van der Waals surface area contributed by atoms with Gasteiger partial charge < -0.3 is 5.73 Å². The SMILES string of the molecule is Nc1ccc(Sc2cc(Cl)ccc2Cl)cn1. The summed E-state index contributed by atoms with van der Waals surface area (Å²) in [6.45, 7) is 0. The van der Waals surface area contributed by atoms with Crippen LogP contribution in [0.2, 0.25) is 10.0 Å². The van der Waals surface area contributed by atoms with Crippen molar-refractivity contribution in [2.45, 2.75) is 9.79 Å². The predicted octanol–water partition coefficient (Wildman–Crippen LogP) is 4.12. The summed E-state index contributed by atoms with van der Waals surface area (Å²) in [5, 5.41) is 1.33. The number of rotatable bonds is 2. The number of nitrogens with two attached hydrogens (primary N) is 1. The van der Waals surface area contributed by atoms with Gasteiger partial charge in [0.25, 0.3) is 0 Å². The highest BCUT2D eigenvalue weighted by molar-refractivity contribution is 7.99. The molecule has 0 amide bonds. The molecule has 5 heteroatoms. The molecular weight excluding hydrogens is 263 g/mol. The first kappa shape index (κ1) is 11.6. The van der Waals surface area contributed by atoms with Crippen molar-refractivity contribution in [3.8, 4) is 0 Å². The highest BCUT2D eigenvalue weighted by Crippen LogP contribution is 2.34. The zero-order chi connectivity index (χ0) is 11.5. The Morgan fingerprint density at radius 3 is 2.62 bits per heavy atom. The van der Waals surface area contributed by atoms with Crippen LogP contribution in [0.5, 0.6) is 0 Å². The quantitative estimate of drug-likeness (QED) is 0.892. The minimum absolute atomic E-state index is 0.501. The summed E-state index contributed by atoms with van der Waals surface area (Å²) in [5.74, 6) is 0.501. The van der Waals surface area contributed by atoms with E-state index >= 15 is 0 Å². The Morgan fingerprint density at radius 1 is 1.12 bits per heavy atom. The molecule has 1 aromatic carbocycles. The summed E-state index contributed by atoms with van der Waals surface area (Å²) >= 11 is 13.5. The largest absolute Gasteiger partial charge is 0.384 e. The van der Waals surface area contributed by atoms with E-state index in [-0.39, 0.29) is 0 Å². The van der Waals surface area contributed by atoms with Crippen LogP contribution in [-0.4, -0.2) is 4.98 Å². The van der Waals surface area contributed by atoms with Crippen molar-refractivity contribution in [3.05, 3.63) is 46.6 Å². The van der Waals surface area contributed by atoms with Gasteiger partial charge in [0.1, 0.15) is 5.82 Å². The van der Waals surface area contributed by atoms with Gasteiger partial charge in [-0.25, -0.2) is 4.98 Å². The molecule has 1 aromatic heterocycles. The normalized spacial score (nSPS) is 10.4. The van der Waals surface area contributed by atoms with Gasteiger partial charge in [-0.2, -0.15) is 0 Å². The van der Waals surface area contributed by atoms with Gasteiger partial charge in [-0.15, -0.1) is 0 Å². The van der Waals surface area contributed by atoms with Gasteiger partial charge >= 0.3 is 0 Å². The first-order valence-electron chi connectivity index (χ1n) is 4.49. The molecule has 0 radical (unpaired) electrons. The second-order valence-corrected chi connectivity index (χ2v) is 5.05. The van der Waals surface area contributed by atoms with E-state index in [1.54, 1.807) is 24.4 Å². The van der Waals surface area contributed by atoms with Crippen molar-refractivity contribution >= 4 is 40.8 Å². The van der Waals surface area contributed by atoms with Crippen LogP contribution in [0.25, 0.3) is 0 Å². The van der Waals surface area contributed by atoms with Gasteiger partial charge in [0.15, 0.2) is 0 Å². The van der Waals surface area contributed by atoms with E-state index in [4.69, 9.17) is 28.9 Å². The molecule has 0 saturated carbocycles. The third-order valence-electron chi connectivity index (χ3n) is 1.88. The number of halogens is 2. The van der Waals surface area contributed by atoms with Crippen LogP contribution in [0.4, 0.5) is 5.82 Å². The Bertz CT molecular complexity index is 500. The van der Waals surface area contributed by atoms with Crippen LogP contribution in [0.1, 0.15) is 0 Å². The van der Waals surface area contributed by atoms with Gasteiger partial charge in [0, 0.05) is 21.0 Å². The molecule has 0 aliphatic heterocycles. The lowest BCUT2D eigenvalue weighted by atomic mass is 10.4. The molecule has 0 aliphatic carbocycles. The van der Waals surface area contributed by atoms with Crippen molar-refractivity contribution in [1.82, 2.24) is 4.98 Å². The Hall–Kier alpha value is -0.900. The van der Waals surface area contributed by atoms with E-state index in [1.165, 1.54) is 11.8 Å². The van der Waals surface area contributed by atoms with Crippen LogP contribution < -0.4 is 5.73 Å². The van der Waals surface area contributed by atoms with E-state index in [9.17, 15) is 0 Å². The number of anilines is 1. The van der Waals surface area contributed by atoms with Gasteiger partial charge in [0.2, 0.25) is 0 Å². The van der Waals surface area contributed by atoms with E-state index in [0.717, 1.165) is 9.79 Å². The fourth-order valence-electron chi connectivity index (χ4n) is 1.13. The van der Waals surface area contributed by atoms with Gasteiger partial charge in [-0.05, 0) is 30.3 Å². The van der Waals surface area contributed by atoms with Crippen LogP contribution in [0.3, 0.4) is 0 Å². The molecule has 0 atom stereocenters. The Balaban J connectivity index is 2.26. The van der Waals surface area contributed by atoms with Crippen molar-refractivity contribution in [2.24, 2.45) is 0 Å². The Morgan fingerprint density at radius 2 is 1.94 bits per heavy atom. The van der Waals surface area contributed by atoms with Crippen LogP contribution in [-0.2, 0) is 0 Å². The van der Waals surface area contributed by atoms with Crippen molar-refractivity contribution in [1.29, 1.82) is 0 Å². The number of pyridine rings is 1. The third-order valence-corrected chi connectivity index (χ3v) is 3.59. The molecule has 0 aliphatic rings. The van der Waals surface area contributed by atoms with Crippen LogP contribution >= 0.6 is 35.0 Å². The minimum Gasteiger partial charge on any atom is -0.384 e. The molecule has 2 N–H and O–H groups in total. The number of nitrogens with zero attached hydrogens (tertiary/aromatic N) is 1. The highest BCUT2D eigenvalue weighted by atomic mass is 35.5. The van der Waals surface area contributed by atoms with Crippen molar-refractivity contribution < 1.29 is 0 Å². The zero-order valence-electron chi connectivity index (χ0n) is 8.15. The lowest BCUT2D eigenvalue weighted by molar-refractivity contribution is 1.24. The zero-order valence-corrected chi connectivity index (χ0v) is 10.5. The highest BCUT2D eigenvalue weighted by Gasteiger charge is 2.04. The molecule has 2 rings (SSSR count). The summed E-state index contributed by atoms with van der Waals surface area (Å²) in [6, 6.07) is 9.00. The minimum atomic E-state index is 0.501. The Labute approximate surface area is 108 Å². The van der Waals surface area contributed by atoms with Crippen molar-refractivity contribution in [2.75, 3.05) is 5.73 Å². The molecule has 0 unspecified atom stereocenters. The summed E-state index contributed by atoms with van der Waals surface area (Å²) in [7, 11) is 0. The maximum atomic E-state index is 6.05. The lowest BCUT2D eigenvalue weighted by Gasteiger charge is -2.04. The molecule has 0 saturated heterocycles. The molecular formula is C11H8Cl2N2S. The van der Waals surface area contributed by atoms with Gasteiger partial charge in [0.05, 0.1) is 5.02 Å². The van der Waals surface area contributed by atoms with Gasteiger partial charge in [-0.1, -0.05) is 35.0 Å². The first-order valence-corrected chi connectivity index (χ1v) is 6.07. The fraction of sp³-hybridized carbons (Fsp3) is 0. The molecule has 0 fully saturated rings. The molecule has 2 aromatic rings. The Kier molecular flexibility index (Phi) is 3.59. The second-order valence-electron chi connectivity index (χ2n) is 3.10. The smallest absolute Gasteiger partial charge is 0.123 e. The van der Waals surface area contributed by atoms with E-state index in [2.05, 4.69) is 4.98 Å². The monoisotopic (exact) mass is 270 g/mol. The van der Waals surface area contributed by atoms with E-state index < -0.39 is 0 Å². The summed E-state index contributed by atoms with van der Waals surface area (Å²) in [5.41, 5.74) is 5.51. The maximum absolute atomic E-state index is 6.05. The summed E-state index contributed by atoms with van der Waals surface area (Å²) in [4.78, 5) is 5.88. The summed E-state index contributed by atoms with van der Waals surface area (Å²) < 4.78 is 0. The fourth-order valence-corrected chi connectivity index (χ4v) is 2.45. The standard InChI is InChI=1S/C11H8Cl2N2S/c12-7-1-3-9(13)10(5-7)16-8-2-4-11(14)15-6-8/h1-6H,(H2,14,15). The average Bonchev–Trinajstić information content (AvgIpc) is 2.27. The molecule has 2 nitrogen and oxygen atoms in total. The number of aromatic nitrogens is 1. The van der Waals surface area contributed by atoms with E-state index in [1.807, 2.05) is 12.1 Å². The first-order chi connectivity index (χ1) is 7.65. The molecule has 82 valence electrons. The van der Waals surface area contributed by atoms with Crippen LogP contribution in [0, 0.1) is 0 Å². The summed E-state index contributed by atoms with van der Waals surface area (Å²) in [6.07, 6.45) is 1.71. The average molecular weight is 271 g/mol. The predicted molar refractivity (Wildman–Crippen MR) is 69.2 cm³/mol. The second kappa shape index (κ2) is 4.95.